The molecule has 1 amide bonds. The van der Waals surface area contributed by atoms with Gasteiger partial charge in [0.2, 0.25) is 5.91 Å². The molecule has 2 rings (SSSR count). The summed E-state index contributed by atoms with van der Waals surface area (Å²) in [6.45, 7) is 2.05. The Morgan fingerprint density at radius 2 is 2.33 bits per heavy atom. The maximum absolute atomic E-state index is 11.9. The summed E-state index contributed by atoms with van der Waals surface area (Å²) < 4.78 is 0. The fourth-order valence-electron chi connectivity index (χ4n) is 2.68. The van der Waals surface area contributed by atoms with Gasteiger partial charge < -0.3 is 16.2 Å². The van der Waals surface area contributed by atoms with E-state index >= 15 is 0 Å². The first-order valence-corrected chi connectivity index (χ1v) is 7.67. The fraction of sp³-hybridized carbons (Fsp3) is 0.533. The highest BCUT2D eigenvalue weighted by atomic mass is 35.5. The minimum atomic E-state index is -0.0542. The smallest absolute Gasteiger partial charge is 0.224 e. The second-order valence-electron chi connectivity index (χ2n) is 5.41. The van der Waals surface area contributed by atoms with Crippen LogP contribution in [0.1, 0.15) is 25.7 Å². The lowest BCUT2D eigenvalue weighted by Gasteiger charge is -2.22. The Morgan fingerprint density at radius 3 is 3.05 bits per heavy atom. The minimum Gasteiger partial charge on any atom is -0.399 e. The van der Waals surface area contributed by atoms with Gasteiger partial charge in [-0.3, -0.25) is 9.69 Å². The van der Waals surface area contributed by atoms with Gasteiger partial charge in [0.05, 0.1) is 17.3 Å². The molecular formula is C15H22ClN3O2. The van der Waals surface area contributed by atoms with Gasteiger partial charge in [0.25, 0.3) is 0 Å². The number of hydrogen-bond acceptors (Lipinski definition) is 4. The molecule has 0 aliphatic carbocycles. The predicted molar refractivity (Wildman–Crippen MR) is 85.4 cm³/mol. The van der Waals surface area contributed by atoms with E-state index in [1.54, 1.807) is 18.2 Å². The van der Waals surface area contributed by atoms with Crippen LogP contribution in [0.4, 0.5) is 11.4 Å². The van der Waals surface area contributed by atoms with Crippen LogP contribution in [0, 0.1) is 0 Å². The molecule has 1 aliphatic rings. The molecule has 1 heterocycles. The molecule has 5 nitrogen and oxygen atoms in total. The molecule has 1 fully saturated rings. The highest BCUT2D eigenvalue weighted by molar-refractivity contribution is 6.34. The second kappa shape index (κ2) is 7.64. The Hall–Kier alpha value is -1.30. The van der Waals surface area contributed by atoms with Crippen molar-refractivity contribution in [2.45, 2.75) is 31.7 Å². The van der Waals surface area contributed by atoms with E-state index in [1.165, 1.54) is 0 Å². The van der Waals surface area contributed by atoms with Crippen LogP contribution in [0.15, 0.2) is 18.2 Å². The maximum atomic E-state index is 11.9. The number of hydrogen-bond donors (Lipinski definition) is 3. The van der Waals surface area contributed by atoms with E-state index in [-0.39, 0.29) is 18.6 Å². The topological polar surface area (TPSA) is 78.6 Å². The molecule has 0 radical (unpaired) electrons. The van der Waals surface area contributed by atoms with Gasteiger partial charge in [-0.1, -0.05) is 11.6 Å². The van der Waals surface area contributed by atoms with E-state index < -0.39 is 0 Å². The molecule has 4 N–H and O–H groups in total. The van der Waals surface area contributed by atoms with Crippen molar-refractivity contribution < 1.29 is 9.90 Å². The molecule has 6 heteroatoms. The summed E-state index contributed by atoms with van der Waals surface area (Å²) in [5.74, 6) is -0.0542. The van der Waals surface area contributed by atoms with Crippen LogP contribution in [-0.4, -0.2) is 41.7 Å². The highest BCUT2D eigenvalue weighted by Gasteiger charge is 2.23. The first-order chi connectivity index (χ1) is 10.1. The lowest BCUT2D eigenvalue weighted by Crippen LogP contribution is -2.33. The number of carbonyl (C=O) groups excluding carboxylic acids is 1. The van der Waals surface area contributed by atoms with Crippen LogP contribution in [0.5, 0.6) is 0 Å². The van der Waals surface area contributed by atoms with Crippen molar-refractivity contribution in [3.05, 3.63) is 23.2 Å². The van der Waals surface area contributed by atoms with Crippen LogP contribution in [0.25, 0.3) is 0 Å². The van der Waals surface area contributed by atoms with Crippen LogP contribution >= 0.6 is 11.6 Å². The third-order valence-corrected chi connectivity index (χ3v) is 4.14. The van der Waals surface area contributed by atoms with Gasteiger partial charge in [0.15, 0.2) is 0 Å². The van der Waals surface area contributed by atoms with Gasteiger partial charge in [-0.2, -0.15) is 0 Å². The minimum absolute atomic E-state index is 0.0542. The number of anilines is 2. The number of rotatable bonds is 6. The van der Waals surface area contributed by atoms with Gasteiger partial charge in [-0.15, -0.1) is 0 Å². The van der Waals surface area contributed by atoms with Crippen molar-refractivity contribution in [3.8, 4) is 0 Å². The van der Waals surface area contributed by atoms with E-state index in [1.807, 2.05) is 0 Å². The van der Waals surface area contributed by atoms with Crippen molar-refractivity contribution in [3.63, 3.8) is 0 Å². The van der Waals surface area contributed by atoms with Crippen LogP contribution in [-0.2, 0) is 4.79 Å². The van der Waals surface area contributed by atoms with Crippen LogP contribution < -0.4 is 11.1 Å². The second-order valence-corrected chi connectivity index (χ2v) is 5.81. The Labute approximate surface area is 130 Å². The monoisotopic (exact) mass is 311 g/mol. The Kier molecular flexibility index (Phi) is 5.85. The molecule has 0 aromatic heterocycles. The van der Waals surface area contributed by atoms with Gasteiger partial charge in [0, 0.05) is 18.2 Å². The van der Waals surface area contributed by atoms with Crippen LogP contribution in [0.3, 0.4) is 0 Å². The number of carbonyl (C=O) groups is 1. The highest BCUT2D eigenvalue weighted by Crippen LogP contribution is 2.24. The molecule has 1 saturated heterocycles. The van der Waals surface area contributed by atoms with E-state index in [4.69, 9.17) is 17.3 Å². The molecular weight excluding hydrogens is 290 g/mol. The summed E-state index contributed by atoms with van der Waals surface area (Å²) in [5.41, 5.74) is 6.77. The number of nitrogen functional groups attached to an aromatic ring is 1. The van der Waals surface area contributed by atoms with E-state index in [9.17, 15) is 9.90 Å². The molecule has 116 valence electrons. The van der Waals surface area contributed by atoms with Crippen molar-refractivity contribution in [2.24, 2.45) is 0 Å². The van der Waals surface area contributed by atoms with Gasteiger partial charge in [-0.05, 0) is 50.6 Å². The maximum Gasteiger partial charge on any atom is 0.224 e. The molecule has 0 saturated carbocycles. The van der Waals surface area contributed by atoms with Gasteiger partial charge in [-0.25, -0.2) is 0 Å². The number of amides is 1. The van der Waals surface area contributed by atoms with E-state index in [2.05, 4.69) is 10.2 Å². The Bertz CT molecular complexity index is 496. The third-order valence-electron chi connectivity index (χ3n) is 3.83. The number of nitrogens with zero attached hydrogens (tertiary/aromatic N) is 1. The van der Waals surface area contributed by atoms with E-state index in [0.717, 1.165) is 32.4 Å². The number of nitrogens with two attached hydrogens (primary N) is 1. The summed E-state index contributed by atoms with van der Waals surface area (Å²) in [4.78, 5) is 14.2. The molecule has 21 heavy (non-hydrogen) atoms. The Morgan fingerprint density at radius 1 is 1.52 bits per heavy atom. The molecule has 1 atom stereocenters. The van der Waals surface area contributed by atoms with Gasteiger partial charge >= 0.3 is 0 Å². The lowest BCUT2D eigenvalue weighted by atomic mass is 10.2. The van der Waals surface area contributed by atoms with Crippen molar-refractivity contribution >= 4 is 28.9 Å². The lowest BCUT2D eigenvalue weighted by molar-refractivity contribution is -0.116. The summed E-state index contributed by atoms with van der Waals surface area (Å²) in [7, 11) is 0. The first kappa shape index (κ1) is 16.1. The van der Waals surface area contributed by atoms with Crippen LogP contribution in [0.2, 0.25) is 5.02 Å². The average Bonchev–Trinajstić information content (AvgIpc) is 2.89. The number of likely N-dealkylation sites (tertiary alicyclic amines) is 1. The third kappa shape index (κ3) is 4.59. The Balaban J connectivity index is 1.75. The summed E-state index contributed by atoms with van der Waals surface area (Å²) in [6, 6.07) is 5.29. The molecule has 1 aromatic carbocycles. The number of aliphatic hydroxyl groups excluding tert-OH is 1. The number of aliphatic hydroxyl groups is 1. The van der Waals surface area contributed by atoms with Crippen molar-refractivity contribution in [1.29, 1.82) is 0 Å². The number of benzene rings is 1. The number of halogens is 1. The number of nitrogens with one attached hydrogen (secondary N) is 1. The van der Waals surface area contributed by atoms with Crippen molar-refractivity contribution in [1.82, 2.24) is 4.90 Å². The fourth-order valence-corrected chi connectivity index (χ4v) is 2.92. The standard InChI is InChI=1S/C15H22ClN3O2/c16-13-9-11(17)5-6-14(13)18-15(21)4-2-8-19-7-1-3-12(19)10-20/h5-6,9,12,20H,1-4,7-8,10,17H2,(H,18,21). The van der Waals surface area contributed by atoms with E-state index in [0.29, 0.717) is 22.8 Å². The zero-order valence-corrected chi connectivity index (χ0v) is 12.8. The summed E-state index contributed by atoms with van der Waals surface area (Å²) in [5, 5.41) is 12.5. The average molecular weight is 312 g/mol. The van der Waals surface area contributed by atoms with Gasteiger partial charge in [0.1, 0.15) is 0 Å². The largest absolute Gasteiger partial charge is 0.399 e. The molecule has 1 aromatic rings. The predicted octanol–water partition coefficient (Wildman–Crippen LogP) is 2.10. The quantitative estimate of drug-likeness (QED) is 0.703. The zero-order chi connectivity index (χ0) is 15.2. The molecule has 0 bridgehead atoms. The summed E-state index contributed by atoms with van der Waals surface area (Å²) >= 11 is 6.02. The zero-order valence-electron chi connectivity index (χ0n) is 12.0. The van der Waals surface area contributed by atoms with Crippen molar-refractivity contribution in [2.75, 3.05) is 30.7 Å². The SMILES string of the molecule is Nc1ccc(NC(=O)CCCN2CCCC2CO)c(Cl)c1. The molecule has 0 spiro atoms. The molecule has 1 aliphatic heterocycles. The molecule has 1 unspecified atom stereocenters. The normalized spacial score (nSPS) is 18.9. The summed E-state index contributed by atoms with van der Waals surface area (Å²) in [6.07, 6.45) is 3.38. The first-order valence-electron chi connectivity index (χ1n) is 7.30.